The number of hydrogen-bond donors (Lipinski definition) is 1. The SMILES string of the molecule is Cc1cc(C(=O)NC2CCC3(CC2)CCN(C[C@@H]2CCN(c4ncnnc4Oc4ccc(F)cc4C(=O)N(C(C)C)C(C)C)C2)CC3)no1. The fraction of sp³-hybridized carbons (Fsp3) is 0.611. The van der Waals surface area contributed by atoms with Crippen LogP contribution in [0.2, 0.25) is 0 Å². The monoisotopic (exact) mass is 676 g/mol. The number of nitrogens with one attached hydrogen (secondary N) is 1. The van der Waals surface area contributed by atoms with Crippen LogP contribution in [0.4, 0.5) is 10.2 Å². The number of hydrogen-bond acceptors (Lipinski definition) is 10. The van der Waals surface area contributed by atoms with Crippen LogP contribution >= 0.6 is 0 Å². The van der Waals surface area contributed by atoms with Crippen molar-refractivity contribution in [2.45, 2.75) is 97.7 Å². The minimum absolute atomic E-state index is 0.0745. The second-order valence-corrected chi connectivity index (χ2v) is 14.7. The number of rotatable bonds is 10. The predicted molar refractivity (Wildman–Crippen MR) is 182 cm³/mol. The van der Waals surface area contributed by atoms with E-state index < -0.39 is 5.82 Å². The molecule has 4 heterocycles. The number of ether oxygens (including phenoxy) is 1. The predicted octanol–water partition coefficient (Wildman–Crippen LogP) is 5.64. The van der Waals surface area contributed by atoms with Crippen LogP contribution in [0.1, 0.15) is 99.2 Å². The molecular weight excluding hydrogens is 627 g/mol. The number of aromatic nitrogens is 4. The van der Waals surface area contributed by atoms with Crippen molar-refractivity contribution in [2.24, 2.45) is 11.3 Å². The molecule has 3 fully saturated rings. The van der Waals surface area contributed by atoms with Gasteiger partial charge in [0, 0.05) is 43.8 Å². The van der Waals surface area contributed by atoms with E-state index in [9.17, 15) is 14.0 Å². The molecule has 2 amide bonds. The van der Waals surface area contributed by atoms with E-state index >= 15 is 0 Å². The van der Waals surface area contributed by atoms with Crippen LogP contribution < -0.4 is 15.0 Å². The van der Waals surface area contributed by atoms with E-state index in [1.165, 1.54) is 37.4 Å². The Hall–Kier alpha value is -4.13. The molecule has 1 spiro atoms. The first-order valence-electron chi connectivity index (χ1n) is 17.7. The number of aryl methyl sites for hydroxylation is 1. The van der Waals surface area contributed by atoms with Crippen molar-refractivity contribution in [3.63, 3.8) is 0 Å². The first-order chi connectivity index (χ1) is 23.5. The topological polar surface area (TPSA) is 130 Å². The Morgan fingerprint density at radius 3 is 2.47 bits per heavy atom. The van der Waals surface area contributed by atoms with E-state index in [0.29, 0.717) is 28.6 Å². The van der Waals surface area contributed by atoms with Gasteiger partial charge in [-0.05, 0) is 122 Å². The number of likely N-dealkylation sites (tertiary alicyclic amines) is 1. The molecule has 3 aliphatic rings. The van der Waals surface area contributed by atoms with E-state index in [2.05, 4.69) is 35.5 Å². The maximum atomic E-state index is 14.4. The second kappa shape index (κ2) is 14.8. The van der Waals surface area contributed by atoms with E-state index in [-0.39, 0.29) is 47.1 Å². The maximum Gasteiger partial charge on any atom is 0.282 e. The van der Waals surface area contributed by atoms with Crippen LogP contribution in [0.5, 0.6) is 11.6 Å². The number of carbonyl (C=O) groups excluding carboxylic acids is 2. The van der Waals surface area contributed by atoms with Gasteiger partial charge in [0.05, 0.1) is 5.56 Å². The maximum absolute atomic E-state index is 14.4. The Morgan fingerprint density at radius 1 is 1.06 bits per heavy atom. The lowest BCUT2D eigenvalue weighted by atomic mass is 9.67. The Labute approximate surface area is 287 Å². The number of piperidine rings is 1. The third-order valence-electron chi connectivity index (χ3n) is 10.6. The van der Waals surface area contributed by atoms with Crippen LogP contribution in [0.3, 0.4) is 0 Å². The highest BCUT2D eigenvalue weighted by Crippen LogP contribution is 2.45. The van der Waals surface area contributed by atoms with Crippen molar-refractivity contribution in [3.05, 3.63) is 53.4 Å². The summed E-state index contributed by atoms with van der Waals surface area (Å²) in [6.45, 7) is 14.3. The molecule has 49 heavy (non-hydrogen) atoms. The Kier molecular flexibility index (Phi) is 10.5. The summed E-state index contributed by atoms with van der Waals surface area (Å²) in [7, 11) is 0. The lowest BCUT2D eigenvalue weighted by Gasteiger charge is -2.46. The average molecular weight is 677 g/mol. The van der Waals surface area contributed by atoms with Gasteiger partial charge in [0.15, 0.2) is 11.5 Å². The van der Waals surface area contributed by atoms with Gasteiger partial charge < -0.3 is 29.3 Å². The van der Waals surface area contributed by atoms with Gasteiger partial charge in [-0.1, -0.05) is 5.16 Å². The van der Waals surface area contributed by atoms with Gasteiger partial charge in [-0.2, -0.15) is 0 Å². The molecule has 13 heteroatoms. The van der Waals surface area contributed by atoms with Crippen LogP contribution in [-0.4, -0.2) is 92.8 Å². The summed E-state index contributed by atoms with van der Waals surface area (Å²) < 4.78 is 25.7. The third-order valence-corrected chi connectivity index (χ3v) is 10.6. The van der Waals surface area contributed by atoms with Gasteiger partial charge in [-0.15, -0.1) is 10.2 Å². The first-order valence-corrected chi connectivity index (χ1v) is 17.7. The zero-order chi connectivity index (χ0) is 34.7. The third kappa shape index (κ3) is 8.03. The summed E-state index contributed by atoms with van der Waals surface area (Å²) >= 11 is 0. The highest BCUT2D eigenvalue weighted by atomic mass is 19.1. The standard InChI is InChI=1S/C36H49FN8O4/c1-23(2)45(24(3)4)35(47)29-19-27(37)6-7-31(29)48-34-32(38-22-39-41-34)44-15-10-26(21-44)20-43-16-13-36(14-17-43)11-8-28(9-12-36)40-33(46)30-18-25(5)49-42-30/h6-7,18-19,22-24,26,28H,8-17,20-21H2,1-5H3,(H,40,46)/t26-/m0/s1. The molecule has 1 aromatic carbocycles. The highest BCUT2D eigenvalue weighted by Gasteiger charge is 2.39. The number of benzene rings is 1. The Morgan fingerprint density at radius 2 is 1.80 bits per heavy atom. The molecule has 264 valence electrons. The fourth-order valence-corrected chi connectivity index (χ4v) is 7.96. The van der Waals surface area contributed by atoms with Crippen LogP contribution in [0.25, 0.3) is 0 Å². The van der Waals surface area contributed by atoms with E-state index in [1.807, 2.05) is 27.7 Å². The van der Waals surface area contributed by atoms with Crippen molar-refractivity contribution in [1.82, 2.24) is 35.5 Å². The highest BCUT2D eigenvalue weighted by molar-refractivity contribution is 5.97. The van der Waals surface area contributed by atoms with E-state index in [1.54, 1.807) is 17.9 Å². The van der Waals surface area contributed by atoms with Crippen molar-refractivity contribution < 1.29 is 23.2 Å². The Bertz CT molecular complexity index is 1600. The number of carbonyl (C=O) groups is 2. The second-order valence-electron chi connectivity index (χ2n) is 14.7. The molecule has 2 aromatic heterocycles. The molecule has 1 aliphatic carbocycles. The molecular formula is C36H49FN8O4. The quantitative estimate of drug-likeness (QED) is 0.288. The van der Waals surface area contributed by atoms with E-state index in [4.69, 9.17) is 9.26 Å². The van der Waals surface area contributed by atoms with Crippen LogP contribution in [0.15, 0.2) is 35.1 Å². The van der Waals surface area contributed by atoms with Crippen molar-refractivity contribution in [2.75, 3.05) is 37.6 Å². The minimum atomic E-state index is -0.512. The summed E-state index contributed by atoms with van der Waals surface area (Å²) in [5.41, 5.74) is 0.858. The number of anilines is 1. The molecule has 0 unspecified atom stereocenters. The van der Waals surface area contributed by atoms with Gasteiger partial charge >= 0.3 is 0 Å². The summed E-state index contributed by atoms with van der Waals surface area (Å²) in [6.07, 6.45) is 9.07. The van der Waals surface area contributed by atoms with Gasteiger partial charge in [0.1, 0.15) is 23.7 Å². The zero-order valence-corrected chi connectivity index (χ0v) is 29.3. The lowest BCUT2D eigenvalue weighted by Crippen LogP contribution is -2.46. The molecule has 1 N–H and O–H groups in total. The van der Waals surface area contributed by atoms with E-state index in [0.717, 1.165) is 64.8 Å². The fourth-order valence-electron chi connectivity index (χ4n) is 7.96. The Balaban J connectivity index is 1.02. The number of nitrogens with zero attached hydrogens (tertiary/aromatic N) is 7. The number of halogens is 1. The van der Waals surface area contributed by atoms with Gasteiger partial charge in [0.2, 0.25) is 0 Å². The summed E-state index contributed by atoms with van der Waals surface area (Å²) in [6, 6.07) is 5.69. The molecule has 2 saturated heterocycles. The molecule has 12 nitrogen and oxygen atoms in total. The van der Waals surface area contributed by atoms with Crippen molar-refractivity contribution >= 4 is 17.6 Å². The van der Waals surface area contributed by atoms with Gasteiger partial charge in [-0.3, -0.25) is 9.59 Å². The van der Waals surface area contributed by atoms with Gasteiger partial charge in [-0.25, -0.2) is 9.37 Å². The first kappa shape index (κ1) is 34.7. The summed E-state index contributed by atoms with van der Waals surface area (Å²) in [5.74, 6) is 1.14. The number of amides is 2. The molecule has 1 saturated carbocycles. The van der Waals surface area contributed by atoms with Crippen molar-refractivity contribution in [3.8, 4) is 11.6 Å². The molecule has 3 aromatic rings. The average Bonchev–Trinajstić information content (AvgIpc) is 3.73. The van der Waals surface area contributed by atoms with Crippen molar-refractivity contribution in [1.29, 1.82) is 0 Å². The van der Waals surface area contributed by atoms with Crippen LogP contribution in [-0.2, 0) is 0 Å². The van der Waals surface area contributed by atoms with Crippen LogP contribution in [0, 0.1) is 24.1 Å². The lowest BCUT2D eigenvalue weighted by molar-refractivity contribution is 0.0510. The summed E-state index contributed by atoms with van der Waals surface area (Å²) in [5, 5.41) is 15.2. The normalized spacial score (nSPS) is 19.9. The molecule has 2 aliphatic heterocycles. The zero-order valence-electron chi connectivity index (χ0n) is 29.3. The summed E-state index contributed by atoms with van der Waals surface area (Å²) in [4.78, 5) is 37.1. The largest absolute Gasteiger partial charge is 0.434 e. The molecule has 0 bridgehead atoms. The molecule has 6 rings (SSSR count). The molecule has 1 atom stereocenters. The molecule has 0 radical (unpaired) electrons. The minimum Gasteiger partial charge on any atom is -0.434 e. The van der Waals surface area contributed by atoms with Gasteiger partial charge in [0.25, 0.3) is 17.7 Å². The smallest absolute Gasteiger partial charge is 0.282 e.